The lowest BCUT2D eigenvalue weighted by Crippen LogP contribution is -2.38. The Morgan fingerprint density at radius 1 is 1.23 bits per heavy atom. The molecule has 0 heterocycles. The molecule has 1 aromatic rings. The molecule has 1 aliphatic rings. The Kier molecular flexibility index (Phi) is 5.83. The molecule has 0 bridgehead atoms. The lowest BCUT2D eigenvalue weighted by Gasteiger charge is -2.31. The van der Waals surface area contributed by atoms with Gasteiger partial charge in [-0.1, -0.05) is 31.4 Å². The van der Waals surface area contributed by atoms with E-state index in [2.05, 4.69) is 5.32 Å². The Balaban J connectivity index is 1.78. The van der Waals surface area contributed by atoms with Crippen molar-refractivity contribution in [1.29, 1.82) is 0 Å². The van der Waals surface area contributed by atoms with Crippen molar-refractivity contribution in [3.8, 4) is 5.75 Å². The van der Waals surface area contributed by atoms with Crippen LogP contribution in [-0.4, -0.2) is 22.7 Å². The second-order valence-electron chi connectivity index (χ2n) is 6.55. The van der Waals surface area contributed by atoms with Crippen LogP contribution >= 0.6 is 0 Å². The molecule has 0 aromatic heterocycles. The van der Waals surface area contributed by atoms with Gasteiger partial charge in [0.05, 0.1) is 18.1 Å². The highest BCUT2D eigenvalue weighted by molar-refractivity contribution is 5.77. The maximum Gasteiger partial charge on any atom is 0.223 e. The summed E-state index contributed by atoms with van der Waals surface area (Å²) >= 11 is 0. The van der Waals surface area contributed by atoms with Crippen LogP contribution in [0.3, 0.4) is 0 Å². The zero-order valence-electron chi connectivity index (χ0n) is 13.6. The number of hydrogen-bond acceptors (Lipinski definition) is 3. The molecule has 0 atom stereocenters. The van der Waals surface area contributed by atoms with E-state index in [1.807, 2.05) is 38.1 Å². The highest BCUT2D eigenvalue weighted by Crippen LogP contribution is 2.30. The van der Waals surface area contributed by atoms with E-state index < -0.39 is 5.60 Å². The molecule has 1 aliphatic carbocycles. The van der Waals surface area contributed by atoms with Crippen molar-refractivity contribution in [3.05, 3.63) is 29.8 Å². The molecule has 4 heteroatoms. The maximum absolute atomic E-state index is 12.0. The zero-order chi connectivity index (χ0) is 16.0. The van der Waals surface area contributed by atoms with E-state index in [9.17, 15) is 9.90 Å². The number of carbonyl (C=O) groups is 1. The Morgan fingerprint density at radius 3 is 2.45 bits per heavy atom. The van der Waals surface area contributed by atoms with Crippen LogP contribution in [-0.2, 0) is 11.3 Å². The molecule has 1 amide bonds. The Morgan fingerprint density at radius 2 is 1.86 bits per heavy atom. The molecule has 1 aromatic carbocycles. The van der Waals surface area contributed by atoms with Crippen molar-refractivity contribution in [2.24, 2.45) is 0 Å². The van der Waals surface area contributed by atoms with Gasteiger partial charge in [0.15, 0.2) is 0 Å². The summed E-state index contributed by atoms with van der Waals surface area (Å²) in [6, 6.07) is 7.73. The minimum Gasteiger partial charge on any atom is -0.491 e. The molecule has 0 unspecified atom stereocenters. The fourth-order valence-corrected chi connectivity index (χ4v) is 2.91. The van der Waals surface area contributed by atoms with Crippen LogP contribution < -0.4 is 10.1 Å². The summed E-state index contributed by atoms with van der Waals surface area (Å²) in [7, 11) is 0. The Labute approximate surface area is 132 Å². The SMILES string of the molecule is CC(C)Oc1ccc(CNC(=O)CC2(O)CCCCC2)cc1. The zero-order valence-corrected chi connectivity index (χ0v) is 13.6. The van der Waals surface area contributed by atoms with Gasteiger partial charge in [-0.25, -0.2) is 0 Å². The quantitative estimate of drug-likeness (QED) is 0.848. The largest absolute Gasteiger partial charge is 0.491 e. The second kappa shape index (κ2) is 7.63. The second-order valence-corrected chi connectivity index (χ2v) is 6.55. The fourth-order valence-electron chi connectivity index (χ4n) is 2.91. The van der Waals surface area contributed by atoms with E-state index in [4.69, 9.17) is 4.74 Å². The van der Waals surface area contributed by atoms with Crippen LogP contribution in [0, 0.1) is 0 Å². The molecule has 0 radical (unpaired) electrons. The first kappa shape index (κ1) is 16.8. The molecule has 4 nitrogen and oxygen atoms in total. The molecular formula is C18H27NO3. The molecule has 0 spiro atoms. The first-order chi connectivity index (χ1) is 10.5. The first-order valence-electron chi connectivity index (χ1n) is 8.21. The number of ether oxygens (including phenoxy) is 1. The van der Waals surface area contributed by atoms with Crippen LogP contribution in [0.2, 0.25) is 0 Å². The van der Waals surface area contributed by atoms with E-state index in [1.165, 1.54) is 0 Å². The van der Waals surface area contributed by atoms with Gasteiger partial charge in [-0.2, -0.15) is 0 Å². The predicted molar refractivity (Wildman–Crippen MR) is 86.7 cm³/mol. The minimum absolute atomic E-state index is 0.0769. The van der Waals surface area contributed by atoms with Crippen molar-refractivity contribution in [1.82, 2.24) is 5.32 Å². The molecule has 2 N–H and O–H groups in total. The van der Waals surface area contributed by atoms with Gasteiger partial charge in [0.2, 0.25) is 5.91 Å². The monoisotopic (exact) mass is 305 g/mol. The molecule has 22 heavy (non-hydrogen) atoms. The third-order valence-corrected chi connectivity index (χ3v) is 4.06. The van der Waals surface area contributed by atoms with Gasteiger partial charge in [0, 0.05) is 6.54 Å². The number of carbonyl (C=O) groups excluding carboxylic acids is 1. The average Bonchev–Trinajstić information content (AvgIpc) is 2.46. The molecule has 1 saturated carbocycles. The summed E-state index contributed by atoms with van der Waals surface area (Å²) in [5.74, 6) is 0.758. The van der Waals surface area contributed by atoms with Gasteiger partial charge in [-0.15, -0.1) is 0 Å². The smallest absolute Gasteiger partial charge is 0.223 e. The lowest BCUT2D eigenvalue weighted by atomic mass is 9.82. The van der Waals surface area contributed by atoms with Crippen LogP contribution in [0.1, 0.15) is 57.9 Å². The number of nitrogens with one attached hydrogen (secondary N) is 1. The van der Waals surface area contributed by atoms with Crippen LogP contribution in [0.15, 0.2) is 24.3 Å². The van der Waals surface area contributed by atoms with E-state index >= 15 is 0 Å². The van der Waals surface area contributed by atoms with E-state index in [0.29, 0.717) is 6.54 Å². The minimum atomic E-state index is -0.794. The number of benzene rings is 1. The summed E-state index contributed by atoms with van der Waals surface area (Å²) in [6.45, 7) is 4.46. The molecule has 0 aliphatic heterocycles. The highest BCUT2D eigenvalue weighted by Gasteiger charge is 2.31. The fraction of sp³-hybridized carbons (Fsp3) is 0.611. The molecular weight excluding hydrogens is 278 g/mol. The standard InChI is InChI=1S/C18H27NO3/c1-14(2)22-16-8-6-15(7-9-16)13-19-17(20)12-18(21)10-4-3-5-11-18/h6-9,14,21H,3-5,10-13H2,1-2H3,(H,19,20). The third kappa shape index (κ3) is 5.34. The van der Waals surface area contributed by atoms with Crippen LogP contribution in [0.4, 0.5) is 0 Å². The highest BCUT2D eigenvalue weighted by atomic mass is 16.5. The molecule has 1 fully saturated rings. The van der Waals surface area contributed by atoms with Gasteiger partial charge in [-0.3, -0.25) is 4.79 Å². The van der Waals surface area contributed by atoms with Gasteiger partial charge in [-0.05, 0) is 44.4 Å². The van der Waals surface area contributed by atoms with Crippen molar-refractivity contribution < 1.29 is 14.6 Å². The number of amides is 1. The topological polar surface area (TPSA) is 58.6 Å². The van der Waals surface area contributed by atoms with Crippen molar-refractivity contribution in [2.45, 2.75) is 70.6 Å². The average molecular weight is 305 g/mol. The first-order valence-corrected chi connectivity index (χ1v) is 8.21. The maximum atomic E-state index is 12.0. The van der Waals surface area contributed by atoms with Crippen molar-refractivity contribution >= 4 is 5.91 Å². The van der Waals surface area contributed by atoms with E-state index in [1.54, 1.807) is 0 Å². The summed E-state index contributed by atoms with van der Waals surface area (Å²) in [4.78, 5) is 12.0. The van der Waals surface area contributed by atoms with Gasteiger partial charge in [0.25, 0.3) is 0 Å². The molecule has 0 saturated heterocycles. The van der Waals surface area contributed by atoms with Gasteiger partial charge < -0.3 is 15.2 Å². The summed E-state index contributed by atoms with van der Waals surface area (Å²) in [6.07, 6.45) is 5.03. The Hall–Kier alpha value is -1.55. The van der Waals surface area contributed by atoms with Crippen molar-refractivity contribution in [2.75, 3.05) is 0 Å². The van der Waals surface area contributed by atoms with Gasteiger partial charge in [0.1, 0.15) is 5.75 Å². The molecule has 122 valence electrons. The molecule has 2 rings (SSSR count). The van der Waals surface area contributed by atoms with E-state index in [-0.39, 0.29) is 18.4 Å². The predicted octanol–water partition coefficient (Wildman–Crippen LogP) is 3.18. The number of hydrogen-bond donors (Lipinski definition) is 2. The van der Waals surface area contributed by atoms with Crippen LogP contribution in [0.25, 0.3) is 0 Å². The summed E-state index contributed by atoms with van der Waals surface area (Å²) < 4.78 is 5.59. The van der Waals surface area contributed by atoms with Gasteiger partial charge >= 0.3 is 0 Å². The summed E-state index contributed by atoms with van der Waals surface area (Å²) in [5, 5.41) is 13.3. The third-order valence-electron chi connectivity index (χ3n) is 4.06. The summed E-state index contributed by atoms with van der Waals surface area (Å²) in [5.41, 5.74) is 0.234. The number of rotatable bonds is 6. The Bertz CT molecular complexity index is 476. The van der Waals surface area contributed by atoms with E-state index in [0.717, 1.165) is 43.4 Å². The normalized spacial score (nSPS) is 17.3. The lowest BCUT2D eigenvalue weighted by molar-refractivity contribution is -0.127. The van der Waals surface area contributed by atoms with Crippen molar-refractivity contribution in [3.63, 3.8) is 0 Å². The van der Waals surface area contributed by atoms with Crippen LogP contribution in [0.5, 0.6) is 5.75 Å². The number of aliphatic hydroxyl groups is 1.